The molecule has 3 aromatic carbocycles. The van der Waals surface area contributed by atoms with Gasteiger partial charge in [0.2, 0.25) is 16.8 Å². The zero-order chi connectivity index (χ0) is 23.9. The highest BCUT2D eigenvalue weighted by Crippen LogP contribution is 2.33. The van der Waals surface area contributed by atoms with Crippen molar-refractivity contribution in [3.05, 3.63) is 99.6 Å². The van der Waals surface area contributed by atoms with Gasteiger partial charge in [-0.25, -0.2) is 12.8 Å². The summed E-state index contributed by atoms with van der Waals surface area (Å²) >= 11 is 0. The molecule has 0 atom stereocenters. The third-order valence-electron chi connectivity index (χ3n) is 5.76. The number of pyridine rings is 1. The average molecular weight is 481 g/mol. The number of aryl methyl sites for hydroxylation is 1. The molecule has 0 saturated carbocycles. The van der Waals surface area contributed by atoms with Crippen molar-refractivity contribution in [3.63, 3.8) is 0 Å². The molecule has 2 heterocycles. The van der Waals surface area contributed by atoms with Gasteiger partial charge in [-0.05, 0) is 65.9 Å². The second-order valence-corrected chi connectivity index (χ2v) is 10.0. The Labute approximate surface area is 195 Å². The lowest BCUT2D eigenvalue weighted by molar-refractivity contribution is 0.174. The summed E-state index contributed by atoms with van der Waals surface area (Å²) in [4.78, 5) is 15.7. The predicted molar refractivity (Wildman–Crippen MR) is 125 cm³/mol. The van der Waals surface area contributed by atoms with Crippen molar-refractivity contribution >= 4 is 20.9 Å². The fourth-order valence-electron chi connectivity index (χ4n) is 3.96. The maximum atomic E-state index is 13.6. The number of sulfonamides is 1. The summed E-state index contributed by atoms with van der Waals surface area (Å²) in [6.07, 6.45) is 0. The van der Waals surface area contributed by atoms with Crippen LogP contribution in [-0.4, -0.2) is 24.5 Å². The number of nitrogens with one attached hydrogen (secondary N) is 1. The molecule has 34 heavy (non-hydrogen) atoms. The molecule has 0 radical (unpaired) electrons. The number of hydrogen-bond acceptors (Lipinski definition) is 5. The topological polar surface area (TPSA) is 88.7 Å². The van der Waals surface area contributed by atoms with Crippen LogP contribution in [0.2, 0.25) is 0 Å². The molecule has 0 bridgehead atoms. The van der Waals surface area contributed by atoms with E-state index < -0.39 is 15.8 Å². The van der Waals surface area contributed by atoms with Gasteiger partial charge in [0.05, 0.1) is 10.4 Å². The quantitative estimate of drug-likeness (QED) is 0.449. The minimum absolute atomic E-state index is 0.0261. The Bertz CT molecular complexity index is 1550. The van der Waals surface area contributed by atoms with Crippen LogP contribution in [0, 0.1) is 12.7 Å². The van der Waals surface area contributed by atoms with Crippen molar-refractivity contribution in [2.24, 2.45) is 0 Å². The molecule has 0 amide bonds. The van der Waals surface area contributed by atoms with Crippen molar-refractivity contribution in [1.29, 1.82) is 0 Å². The van der Waals surface area contributed by atoms with Crippen LogP contribution in [0.5, 0.6) is 11.5 Å². The van der Waals surface area contributed by atoms with E-state index in [0.29, 0.717) is 28.1 Å². The van der Waals surface area contributed by atoms with E-state index in [1.807, 2.05) is 25.1 Å². The number of hydrogen-bond donors (Lipinski definition) is 1. The molecule has 174 valence electrons. The van der Waals surface area contributed by atoms with Crippen LogP contribution in [0.25, 0.3) is 10.9 Å². The number of halogens is 1. The number of ether oxygens (including phenoxy) is 2. The lowest BCUT2D eigenvalue weighted by Crippen LogP contribution is -2.32. The Balaban J connectivity index is 1.56. The minimum atomic E-state index is -4.06. The molecule has 0 spiro atoms. The second kappa shape index (κ2) is 8.58. The van der Waals surface area contributed by atoms with E-state index in [9.17, 15) is 17.6 Å². The third kappa shape index (κ3) is 4.15. The number of rotatable bonds is 6. The largest absolute Gasteiger partial charge is 0.454 e. The molecule has 4 aromatic rings. The summed E-state index contributed by atoms with van der Waals surface area (Å²) in [5.41, 5.74) is 2.21. The monoisotopic (exact) mass is 480 g/mol. The van der Waals surface area contributed by atoms with Gasteiger partial charge in [0, 0.05) is 18.7 Å². The minimum Gasteiger partial charge on any atom is -0.454 e. The number of H-pyrrole nitrogens is 1. The average Bonchev–Trinajstić information content (AvgIpc) is 3.28. The van der Waals surface area contributed by atoms with Crippen LogP contribution in [0.4, 0.5) is 4.39 Å². The van der Waals surface area contributed by atoms with E-state index >= 15 is 0 Å². The van der Waals surface area contributed by atoms with E-state index in [4.69, 9.17) is 9.47 Å². The van der Waals surface area contributed by atoms with E-state index in [1.165, 1.54) is 16.4 Å². The first-order valence-corrected chi connectivity index (χ1v) is 12.0. The van der Waals surface area contributed by atoms with Gasteiger partial charge >= 0.3 is 0 Å². The SMILES string of the molecule is Cc1cccc2cc(CN(Cc3ccc4c(c3)OCO4)S(=O)(=O)c3ccc(F)cc3)c(=O)[nH]c12. The number of aromatic nitrogens is 1. The van der Waals surface area contributed by atoms with Gasteiger partial charge in [-0.3, -0.25) is 4.79 Å². The molecule has 1 N–H and O–H groups in total. The summed E-state index contributed by atoms with van der Waals surface area (Å²) in [5, 5.41) is 0.803. The Morgan fingerprint density at radius 2 is 1.74 bits per heavy atom. The summed E-state index contributed by atoms with van der Waals surface area (Å²) in [7, 11) is -4.06. The molecule has 1 aliphatic heterocycles. The fourth-order valence-corrected chi connectivity index (χ4v) is 5.37. The summed E-state index contributed by atoms with van der Waals surface area (Å²) in [6.45, 7) is 1.79. The first kappa shape index (κ1) is 22.1. The molecule has 1 aliphatic rings. The molecule has 0 fully saturated rings. The lowest BCUT2D eigenvalue weighted by atomic mass is 10.1. The summed E-state index contributed by atoms with van der Waals surface area (Å²) in [6, 6.07) is 17.1. The molecule has 0 aliphatic carbocycles. The highest BCUT2D eigenvalue weighted by molar-refractivity contribution is 7.89. The van der Waals surface area contributed by atoms with Crippen LogP contribution in [0.3, 0.4) is 0 Å². The fraction of sp³-hybridized carbons (Fsp3) is 0.160. The smallest absolute Gasteiger partial charge is 0.252 e. The van der Waals surface area contributed by atoms with E-state index in [1.54, 1.807) is 24.3 Å². The second-order valence-electron chi connectivity index (χ2n) is 8.08. The van der Waals surface area contributed by atoms with Crippen LogP contribution in [0.1, 0.15) is 16.7 Å². The van der Waals surface area contributed by atoms with E-state index in [0.717, 1.165) is 23.1 Å². The molecular weight excluding hydrogens is 459 g/mol. The van der Waals surface area contributed by atoms with Crippen molar-refractivity contribution in [3.8, 4) is 11.5 Å². The van der Waals surface area contributed by atoms with E-state index in [2.05, 4.69) is 4.98 Å². The van der Waals surface area contributed by atoms with Crippen LogP contribution in [-0.2, 0) is 23.1 Å². The van der Waals surface area contributed by atoms with Crippen molar-refractivity contribution in [2.75, 3.05) is 6.79 Å². The van der Waals surface area contributed by atoms with Crippen molar-refractivity contribution in [1.82, 2.24) is 9.29 Å². The molecule has 9 heteroatoms. The molecule has 5 rings (SSSR count). The Morgan fingerprint density at radius 1 is 0.971 bits per heavy atom. The van der Waals surface area contributed by atoms with Crippen molar-refractivity contribution in [2.45, 2.75) is 24.9 Å². The van der Waals surface area contributed by atoms with Gasteiger partial charge in [-0.15, -0.1) is 0 Å². The van der Waals surface area contributed by atoms with Crippen LogP contribution < -0.4 is 15.0 Å². The number of nitrogens with zero attached hydrogens (tertiary/aromatic N) is 1. The summed E-state index contributed by atoms with van der Waals surface area (Å²) in [5.74, 6) is 0.566. The van der Waals surface area contributed by atoms with Crippen LogP contribution in [0.15, 0.2) is 76.4 Å². The molecule has 1 aromatic heterocycles. The Morgan fingerprint density at radius 3 is 2.53 bits per heavy atom. The predicted octanol–water partition coefficient (Wildman–Crippen LogP) is 4.10. The van der Waals surface area contributed by atoms with Gasteiger partial charge in [0.15, 0.2) is 11.5 Å². The van der Waals surface area contributed by atoms with Gasteiger partial charge in [-0.1, -0.05) is 24.3 Å². The normalized spacial score (nSPS) is 13.0. The number of para-hydroxylation sites is 1. The maximum Gasteiger partial charge on any atom is 0.252 e. The first-order chi connectivity index (χ1) is 16.3. The molecule has 0 saturated heterocycles. The number of fused-ring (bicyclic) bond motifs is 2. The molecule has 7 nitrogen and oxygen atoms in total. The zero-order valence-electron chi connectivity index (χ0n) is 18.2. The Kier molecular flexibility index (Phi) is 5.59. The van der Waals surface area contributed by atoms with Gasteiger partial charge in [-0.2, -0.15) is 4.31 Å². The molecular formula is C25H21FN2O5S. The van der Waals surface area contributed by atoms with Crippen LogP contribution >= 0.6 is 0 Å². The highest BCUT2D eigenvalue weighted by atomic mass is 32.2. The van der Waals surface area contributed by atoms with Gasteiger partial charge in [0.1, 0.15) is 5.82 Å². The van der Waals surface area contributed by atoms with Gasteiger partial charge < -0.3 is 14.5 Å². The molecule has 0 unspecified atom stereocenters. The third-order valence-corrected chi connectivity index (χ3v) is 7.56. The maximum absolute atomic E-state index is 13.6. The summed E-state index contributed by atoms with van der Waals surface area (Å²) < 4.78 is 52.5. The van der Waals surface area contributed by atoms with E-state index in [-0.39, 0.29) is 30.3 Å². The number of aromatic amines is 1. The standard InChI is InChI=1S/C25H21FN2O5S/c1-16-3-2-4-18-12-19(25(29)27-24(16)18)14-28(34(30,31)21-8-6-20(26)7-9-21)13-17-5-10-22-23(11-17)33-15-32-22/h2-12H,13-15H2,1H3,(H,27,29). The zero-order valence-corrected chi connectivity index (χ0v) is 19.1. The Hall–Kier alpha value is -3.69. The first-order valence-electron chi connectivity index (χ1n) is 10.6. The van der Waals surface area contributed by atoms with Gasteiger partial charge in [0.25, 0.3) is 5.56 Å². The number of benzene rings is 3. The van der Waals surface area contributed by atoms with Crippen molar-refractivity contribution < 1.29 is 22.3 Å². The highest BCUT2D eigenvalue weighted by Gasteiger charge is 2.27. The lowest BCUT2D eigenvalue weighted by Gasteiger charge is -2.22.